The summed E-state index contributed by atoms with van der Waals surface area (Å²) in [7, 11) is 1.69. The quantitative estimate of drug-likeness (QED) is 0.771. The lowest BCUT2D eigenvalue weighted by Crippen LogP contribution is -2.56. The van der Waals surface area contributed by atoms with Gasteiger partial charge in [-0.1, -0.05) is 0 Å². The van der Waals surface area contributed by atoms with Crippen LogP contribution in [0, 0.1) is 0 Å². The van der Waals surface area contributed by atoms with Gasteiger partial charge in [0.05, 0.1) is 19.2 Å². The molecule has 2 aliphatic rings. The molecule has 3 rings (SSSR count). The third-order valence-electron chi connectivity index (χ3n) is 4.82. The molecular formula is C19H29N3O3. The van der Waals surface area contributed by atoms with Crippen molar-refractivity contribution in [2.75, 3.05) is 56.7 Å². The fraction of sp³-hybridized carbons (Fsp3) is 0.632. The summed E-state index contributed by atoms with van der Waals surface area (Å²) in [5, 5.41) is 2.96. The maximum atomic E-state index is 12.2. The normalized spacial score (nSPS) is 18.1. The van der Waals surface area contributed by atoms with E-state index in [2.05, 4.69) is 22.3 Å². The zero-order valence-electron chi connectivity index (χ0n) is 15.1. The monoisotopic (exact) mass is 347 g/mol. The molecule has 1 aromatic carbocycles. The summed E-state index contributed by atoms with van der Waals surface area (Å²) >= 11 is 0. The number of likely N-dealkylation sites (tertiary alicyclic amines) is 1. The van der Waals surface area contributed by atoms with Crippen LogP contribution in [0.4, 0.5) is 16.2 Å². The van der Waals surface area contributed by atoms with Crippen molar-refractivity contribution in [1.29, 1.82) is 0 Å². The van der Waals surface area contributed by atoms with Crippen LogP contribution in [0.25, 0.3) is 0 Å². The number of amides is 2. The molecule has 2 fully saturated rings. The second kappa shape index (κ2) is 9.06. The van der Waals surface area contributed by atoms with Crippen molar-refractivity contribution in [3.8, 4) is 0 Å². The summed E-state index contributed by atoms with van der Waals surface area (Å²) in [5.41, 5.74) is 2.08. The first-order valence-electron chi connectivity index (χ1n) is 9.28. The third kappa shape index (κ3) is 5.09. The molecule has 0 bridgehead atoms. The lowest BCUT2D eigenvalue weighted by Gasteiger charge is -2.38. The van der Waals surface area contributed by atoms with Crippen molar-refractivity contribution in [3.05, 3.63) is 24.3 Å². The number of carbonyl (C=O) groups excluding carboxylic acids is 1. The Labute approximate surface area is 150 Å². The summed E-state index contributed by atoms with van der Waals surface area (Å²) < 4.78 is 10.7. The van der Waals surface area contributed by atoms with Gasteiger partial charge in [0.2, 0.25) is 0 Å². The number of benzene rings is 1. The molecule has 0 aliphatic carbocycles. The van der Waals surface area contributed by atoms with Gasteiger partial charge in [0, 0.05) is 44.8 Å². The summed E-state index contributed by atoms with van der Waals surface area (Å²) in [6, 6.07) is 8.11. The van der Waals surface area contributed by atoms with Crippen LogP contribution in [0.5, 0.6) is 0 Å². The Hall–Kier alpha value is -1.79. The zero-order valence-corrected chi connectivity index (χ0v) is 15.1. The predicted molar refractivity (Wildman–Crippen MR) is 99.3 cm³/mol. The van der Waals surface area contributed by atoms with Crippen LogP contribution in [0.1, 0.15) is 25.7 Å². The van der Waals surface area contributed by atoms with E-state index >= 15 is 0 Å². The molecule has 2 saturated heterocycles. The van der Waals surface area contributed by atoms with Gasteiger partial charge in [-0.3, -0.25) is 0 Å². The standard InChI is InChI=1S/C19H29N3O3/c1-24-12-5-13-25-18-14-22(15-18)19(23)20-16-6-8-17(9-7-16)21-10-3-2-4-11-21/h6-9,18H,2-5,10-15H2,1H3,(H,20,23). The highest BCUT2D eigenvalue weighted by Gasteiger charge is 2.31. The predicted octanol–water partition coefficient (Wildman–Crippen LogP) is 2.95. The van der Waals surface area contributed by atoms with Crippen LogP contribution < -0.4 is 10.2 Å². The van der Waals surface area contributed by atoms with E-state index in [1.165, 1.54) is 24.9 Å². The van der Waals surface area contributed by atoms with Crippen LogP contribution in [0.2, 0.25) is 0 Å². The molecule has 0 radical (unpaired) electrons. The molecular weight excluding hydrogens is 318 g/mol. The van der Waals surface area contributed by atoms with Gasteiger partial charge in [0.15, 0.2) is 0 Å². The molecule has 0 unspecified atom stereocenters. The van der Waals surface area contributed by atoms with Crippen molar-refractivity contribution >= 4 is 17.4 Å². The molecule has 25 heavy (non-hydrogen) atoms. The molecule has 2 amide bonds. The molecule has 138 valence electrons. The second-order valence-electron chi connectivity index (χ2n) is 6.77. The van der Waals surface area contributed by atoms with Crippen LogP contribution in [0.15, 0.2) is 24.3 Å². The van der Waals surface area contributed by atoms with E-state index in [0.29, 0.717) is 26.3 Å². The summed E-state index contributed by atoms with van der Waals surface area (Å²) in [4.78, 5) is 16.4. The highest BCUT2D eigenvalue weighted by molar-refractivity contribution is 5.90. The molecule has 0 spiro atoms. The van der Waals surface area contributed by atoms with Crippen molar-refractivity contribution < 1.29 is 14.3 Å². The van der Waals surface area contributed by atoms with E-state index in [0.717, 1.165) is 25.2 Å². The van der Waals surface area contributed by atoms with Crippen molar-refractivity contribution in [3.63, 3.8) is 0 Å². The number of rotatable bonds is 7. The first kappa shape index (κ1) is 18.0. The largest absolute Gasteiger partial charge is 0.385 e. The number of ether oxygens (including phenoxy) is 2. The van der Waals surface area contributed by atoms with Crippen LogP contribution in [-0.2, 0) is 9.47 Å². The van der Waals surface area contributed by atoms with Gasteiger partial charge in [0.1, 0.15) is 0 Å². The van der Waals surface area contributed by atoms with E-state index in [9.17, 15) is 4.79 Å². The number of methoxy groups -OCH3 is 1. The molecule has 2 aliphatic heterocycles. The number of urea groups is 1. The van der Waals surface area contributed by atoms with Crippen LogP contribution >= 0.6 is 0 Å². The molecule has 0 aromatic heterocycles. The van der Waals surface area contributed by atoms with E-state index in [1.807, 2.05) is 12.1 Å². The van der Waals surface area contributed by atoms with Gasteiger partial charge in [-0.2, -0.15) is 0 Å². The van der Waals surface area contributed by atoms with Gasteiger partial charge in [0.25, 0.3) is 0 Å². The first-order chi connectivity index (χ1) is 12.3. The lowest BCUT2D eigenvalue weighted by molar-refractivity contribution is -0.0380. The number of piperidine rings is 1. The third-order valence-corrected chi connectivity index (χ3v) is 4.82. The fourth-order valence-electron chi connectivity index (χ4n) is 3.27. The topological polar surface area (TPSA) is 54.0 Å². The minimum atomic E-state index is -0.0533. The molecule has 2 heterocycles. The van der Waals surface area contributed by atoms with E-state index in [-0.39, 0.29) is 12.1 Å². The first-order valence-corrected chi connectivity index (χ1v) is 9.28. The number of hydrogen-bond donors (Lipinski definition) is 1. The molecule has 0 saturated carbocycles. The average molecular weight is 347 g/mol. The van der Waals surface area contributed by atoms with Crippen LogP contribution in [0.3, 0.4) is 0 Å². The Kier molecular flexibility index (Phi) is 6.53. The van der Waals surface area contributed by atoms with Crippen molar-refractivity contribution in [2.24, 2.45) is 0 Å². The smallest absolute Gasteiger partial charge is 0.322 e. The van der Waals surface area contributed by atoms with Crippen LogP contribution in [-0.4, -0.2) is 63.5 Å². The molecule has 1 aromatic rings. The zero-order chi connectivity index (χ0) is 17.5. The number of nitrogens with zero attached hydrogens (tertiary/aromatic N) is 2. The fourth-order valence-corrected chi connectivity index (χ4v) is 3.27. The summed E-state index contributed by atoms with van der Waals surface area (Å²) in [6.07, 6.45) is 4.91. The lowest BCUT2D eigenvalue weighted by atomic mass is 10.1. The molecule has 1 N–H and O–H groups in total. The maximum absolute atomic E-state index is 12.2. The minimum Gasteiger partial charge on any atom is -0.385 e. The van der Waals surface area contributed by atoms with Gasteiger partial charge in [-0.05, 0) is 49.9 Å². The number of anilines is 2. The summed E-state index contributed by atoms with van der Waals surface area (Å²) in [5.74, 6) is 0. The van der Waals surface area contributed by atoms with E-state index in [4.69, 9.17) is 9.47 Å². The SMILES string of the molecule is COCCCOC1CN(C(=O)Nc2ccc(N3CCCCC3)cc2)C1. The highest BCUT2D eigenvalue weighted by atomic mass is 16.5. The molecule has 6 nitrogen and oxygen atoms in total. The van der Waals surface area contributed by atoms with E-state index in [1.54, 1.807) is 12.0 Å². The summed E-state index contributed by atoms with van der Waals surface area (Å²) in [6.45, 7) is 4.97. The van der Waals surface area contributed by atoms with Gasteiger partial charge in [-0.15, -0.1) is 0 Å². The van der Waals surface area contributed by atoms with Crippen molar-refractivity contribution in [1.82, 2.24) is 4.90 Å². The van der Waals surface area contributed by atoms with Crippen molar-refractivity contribution in [2.45, 2.75) is 31.8 Å². The number of hydrogen-bond acceptors (Lipinski definition) is 4. The second-order valence-corrected chi connectivity index (χ2v) is 6.77. The Bertz CT molecular complexity index is 537. The Morgan fingerprint density at radius 1 is 1.12 bits per heavy atom. The maximum Gasteiger partial charge on any atom is 0.322 e. The molecule has 6 heteroatoms. The Morgan fingerprint density at radius 2 is 1.84 bits per heavy atom. The van der Waals surface area contributed by atoms with E-state index < -0.39 is 0 Å². The number of carbonyl (C=O) groups is 1. The Morgan fingerprint density at radius 3 is 2.52 bits per heavy atom. The minimum absolute atomic E-state index is 0.0533. The van der Waals surface area contributed by atoms with Gasteiger partial charge >= 0.3 is 6.03 Å². The average Bonchev–Trinajstić information content (AvgIpc) is 2.61. The van der Waals surface area contributed by atoms with Gasteiger partial charge < -0.3 is 24.6 Å². The number of nitrogens with one attached hydrogen (secondary N) is 1. The Balaban J connectivity index is 1.38. The van der Waals surface area contributed by atoms with Gasteiger partial charge in [-0.25, -0.2) is 4.79 Å². The molecule has 0 atom stereocenters. The highest BCUT2D eigenvalue weighted by Crippen LogP contribution is 2.22.